The maximum atomic E-state index is 12.0. The summed E-state index contributed by atoms with van der Waals surface area (Å²) in [6, 6.07) is 0. The summed E-state index contributed by atoms with van der Waals surface area (Å²) < 4.78 is 1.47. The van der Waals surface area contributed by atoms with Crippen LogP contribution in [-0.4, -0.2) is 20.6 Å². The van der Waals surface area contributed by atoms with Gasteiger partial charge in [-0.15, -0.1) is 11.3 Å². The van der Waals surface area contributed by atoms with E-state index in [2.05, 4.69) is 4.98 Å². The molecule has 0 aliphatic heterocycles. The summed E-state index contributed by atoms with van der Waals surface area (Å²) >= 11 is 1.04. The molecule has 0 atom stereocenters. The van der Waals surface area contributed by atoms with Gasteiger partial charge in [0.1, 0.15) is 9.71 Å². The summed E-state index contributed by atoms with van der Waals surface area (Å²) in [5, 5.41) is 9.38. The van der Waals surface area contributed by atoms with Gasteiger partial charge >= 0.3 is 5.97 Å². The molecule has 84 valence electrons. The molecule has 2 heterocycles. The summed E-state index contributed by atoms with van der Waals surface area (Å²) in [5.74, 6) is -1.01. The van der Waals surface area contributed by atoms with Gasteiger partial charge in [-0.1, -0.05) is 0 Å². The van der Waals surface area contributed by atoms with Gasteiger partial charge in [-0.2, -0.15) is 0 Å². The lowest BCUT2D eigenvalue weighted by atomic mass is 10.2. The van der Waals surface area contributed by atoms with E-state index in [4.69, 9.17) is 5.11 Å². The van der Waals surface area contributed by atoms with Crippen LogP contribution in [0, 0.1) is 6.92 Å². The molecule has 0 saturated carbocycles. The van der Waals surface area contributed by atoms with E-state index in [0.29, 0.717) is 22.3 Å². The third-order valence-electron chi connectivity index (χ3n) is 2.45. The van der Waals surface area contributed by atoms with Crippen molar-refractivity contribution in [3.63, 3.8) is 0 Å². The van der Waals surface area contributed by atoms with E-state index in [1.807, 2.05) is 6.92 Å². The molecule has 0 bridgehead atoms. The molecule has 0 aliphatic rings. The molecule has 2 aromatic rings. The van der Waals surface area contributed by atoms with Crippen molar-refractivity contribution in [3.8, 4) is 0 Å². The first-order chi connectivity index (χ1) is 7.56. The minimum Gasteiger partial charge on any atom is -0.477 e. The molecule has 0 aliphatic carbocycles. The quantitative estimate of drug-likeness (QED) is 0.860. The van der Waals surface area contributed by atoms with Crippen LogP contribution < -0.4 is 5.56 Å². The third kappa shape index (κ3) is 1.42. The Hall–Kier alpha value is -1.69. The maximum absolute atomic E-state index is 12.0. The smallest absolute Gasteiger partial charge is 0.346 e. The van der Waals surface area contributed by atoms with Crippen LogP contribution in [0.4, 0.5) is 0 Å². The van der Waals surface area contributed by atoms with Crippen LogP contribution in [0.2, 0.25) is 0 Å². The standard InChI is InChI=1S/C10H10N2O3S/c1-3-12-4-11-8-6(9(12)13)5(2)7(16-8)10(14)15/h4H,3H2,1-2H3,(H,14,15). The maximum Gasteiger partial charge on any atom is 0.346 e. The SMILES string of the molecule is CCn1cnc2sc(C(=O)O)c(C)c2c1=O. The van der Waals surface area contributed by atoms with Crippen molar-refractivity contribution in [3.05, 3.63) is 27.1 Å². The van der Waals surface area contributed by atoms with Gasteiger partial charge in [-0.3, -0.25) is 9.36 Å². The fraction of sp³-hybridized carbons (Fsp3) is 0.300. The third-order valence-corrected chi connectivity index (χ3v) is 3.64. The van der Waals surface area contributed by atoms with Crippen LogP contribution in [0.25, 0.3) is 10.2 Å². The van der Waals surface area contributed by atoms with Gasteiger partial charge in [0, 0.05) is 6.54 Å². The fourth-order valence-corrected chi connectivity index (χ4v) is 2.57. The zero-order valence-electron chi connectivity index (χ0n) is 8.85. The van der Waals surface area contributed by atoms with Crippen molar-refractivity contribution < 1.29 is 9.90 Å². The van der Waals surface area contributed by atoms with Gasteiger partial charge in [-0.25, -0.2) is 9.78 Å². The number of nitrogens with zero attached hydrogens (tertiary/aromatic N) is 2. The van der Waals surface area contributed by atoms with E-state index in [1.54, 1.807) is 6.92 Å². The Morgan fingerprint density at radius 3 is 2.88 bits per heavy atom. The molecule has 1 N–H and O–H groups in total. The van der Waals surface area contributed by atoms with Crippen LogP contribution in [-0.2, 0) is 6.54 Å². The molecule has 0 unspecified atom stereocenters. The predicted octanol–water partition coefficient (Wildman–Crippen LogP) is 1.48. The highest BCUT2D eigenvalue weighted by atomic mass is 32.1. The highest BCUT2D eigenvalue weighted by Gasteiger charge is 2.18. The number of rotatable bonds is 2. The van der Waals surface area contributed by atoms with Crippen LogP contribution >= 0.6 is 11.3 Å². The largest absolute Gasteiger partial charge is 0.477 e. The molecule has 0 aromatic carbocycles. The van der Waals surface area contributed by atoms with Crippen LogP contribution in [0.15, 0.2) is 11.1 Å². The summed E-state index contributed by atoms with van der Waals surface area (Å²) in [6.07, 6.45) is 1.45. The highest BCUT2D eigenvalue weighted by molar-refractivity contribution is 7.20. The average Bonchev–Trinajstić information content (AvgIpc) is 2.57. The van der Waals surface area contributed by atoms with Gasteiger partial charge in [0.05, 0.1) is 11.7 Å². The first-order valence-corrected chi connectivity index (χ1v) is 5.59. The molecule has 16 heavy (non-hydrogen) atoms. The van der Waals surface area contributed by atoms with Crippen molar-refractivity contribution in [2.75, 3.05) is 0 Å². The molecule has 2 rings (SSSR count). The van der Waals surface area contributed by atoms with Gasteiger partial charge in [0.15, 0.2) is 0 Å². The van der Waals surface area contributed by atoms with Crippen molar-refractivity contribution in [1.82, 2.24) is 9.55 Å². The lowest BCUT2D eigenvalue weighted by molar-refractivity contribution is 0.0701. The lowest BCUT2D eigenvalue weighted by Gasteiger charge is -1.99. The number of aromatic carboxylic acids is 1. The molecular formula is C10H10N2O3S. The summed E-state index contributed by atoms with van der Waals surface area (Å²) in [6.45, 7) is 4.01. The molecule has 0 fully saturated rings. The fourth-order valence-electron chi connectivity index (χ4n) is 1.59. The number of carbonyl (C=O) groups is 1. The normalized spacial score (nSPS) is 10.9. The lowest BCUT2D eigenvalue weighted by Crippen LogP contribution is -2.19. The molecular weight excluding hydrogens is 228 g/mol. The van der Waals surface area contributed by atoms with E-state index >= 15 is 0 Å². The van der Waals surface area contributed by atoms with Crippen LogP contribution in [0.5, 0.6) is 0 Å². The Morgan fingerprint density at radius 1 is 1.62 bits per heavy atom. The van der Waals surface area contributed by atoms with E-state index in [1.165, 1.54) is 10.9 Å². The minimum absolute atomic E-state index is 0.172. The number of hydrogen-bond acceptors (Lipinski definition) is 4. The average molecular weight is 238 g/mol. The molecule has 5 nitrogen and oxygen atoms in total. The first kappa shape index (κ1) is 10.8. The second kappa shape index (κ2) is 3.71. The number of fused-ring (bicyclic) bond motifs is 1. The zero-order chi connectivity index (χ0) is 11.9. The number of carboxylic acids is 1. The second-order valence-electron chi connectivity index (χ2n) is 3.38. The van der Waals surface area contributed by atoms with Crippen molar-refractivity contribution in [2.45, 2.75) is 20.4 Å². The van der Waals surface area contributed by atoms with Gasteiger partial charge < -0.3 is 5.11 Å². The number of aryl methyl sites for hydroxylation is 2. The molecule has 0 spiro atoms. The number of carboxylic acid groups (broad SMARTS) is 1. The number of hydrogen-bond donors (Lipinski definition) is 1. The second-order valence-corrected chi connectivity index (χ2v) is 4.38. The molecule has 0 saturated heterocycles. The summed E-state index contributed by atoms with van der Waals surface area (Å²) in [4.78, 5) is 27.7. The van der Waals surface area contributed by atoms with Crippen molar-refractivity contribution in [2.24, 2.45) is 0 Å². The molecule has 0 amide bonds. The molecule has 0 radical (unpaired) electrons. The Labute approximate surface area is 95.0 Å². The number of thiophene rings is 1. The van der Waals surface area contributed by atoms with Gasteiger partial charge in [0.2, 0.25) is 0 Å². The Bertz CT molecular complexity index is 627. The van der Waals surface area contributed by atoms with E-state index < -0.39 is 5.97 Å². The molecule has 6 heteroatoms. The van der Waals surface area contributed by atoms with Crippen molar-refractivity contribution in [1.29, 1.82) is 0 Å². The van der Waals surface area contributed by atoms with E-state index in [-0.39, 0.29) is 10.4 Å². The summed E-state index contributed by atoms with van der Waals surface area (Å²) in [5.41, 5.74) is 0.335. The number of aromatic nitrogens is 2. The van der Waals surface area contributed by atoms with E-state index in [0.717, 1.165) is 11.3 Å². The Morgan fingerprint density at radius 2 is 2.31 bits per heavy atom. The predicted molar refractivity (Wildman–Crippen MR) is 61.3 cm³/mol. The van der Waals surface area contributed by atoms with Crippen molar-refractivity contribution >= 4 is 27.5 Å². The monoisotopic (exact) mass is 238 g/mol. The highest BCUT2D eigenvalue weighted by Crippen LogP contribution is 2.26. The minimum atomic E-state index is -1.01. The van der Waals surface area contributed by atoms with Crippen LogP contribution in [0.1, 0.15) is 22.2 Å². The topological polar surface area (TPSA) is 72.2 Å². The summed E-state index contributed by atoms with van der Waals surface area (Å²) in [7, 11) is 0. The Kier molecular flexibility index (Phi) is 2.51. The van der Waals surface area contributed by atoms with Gasteiger partial charge in [0.25, 0.3) is 5.56 Å². The van der Waals surface area contributed by atoms with E-state index in [9.17, 15) is 9.59 Å². The van der Waals surface area contributed by atoms with Crippen LogP contribution in [0.3, 0.4) is 0 Å². The zero-order valence-corrected chi connectivity index (χ0v) is 9.67. The first-order valence-electron chi connectivity index (χ1n) is 4.78. The molecule has 2 aromatic heterocycles. The van der Waals surface area contributed by atoms with Gasteiger partial charge in [-0.05, 0) is 19.4 Å². The Balaban J connectivity index is 2.89.